The normalized spacial score (nSPS) is 28.8. The molecule has 1 saturated carbocycles. The van der Waals surface area contributed by atoms with E-state index in [-0.39, 0.29) is 28.9 Å². The van der Waals surface area contributed by atoms with Crippen LogP contribution in [-0.2, 0) is 9.59 Å². The quantitative estimate of drug-likeness (QED) is 0.773. The largest absolute Gasteiger partial charge is 0.344 e. The van der Waals surface area contributed by atoms with E-state index in [1.807, 2.05) is 32.7 Å². The number of Topliss-reactive ketones (excluding diaryl/α,β-unsaturated/α-hetero) is 1. The van der Waals surface area contributed by atoms with Crippen molar-refractivity contribution >= 4 is 11.7 Å². The minimum Gasteiger partial charge on any atom is -0.344 e. The third-order valence-corrected chi connectivity index (χ3v) is 5.93. The number of nitrogens with zero attached hydrogens (tertiary/aromatic N) is 2. The predicted molar refractivity (Wildman–Crippen MR) is 97.8 cm³/mol. The zero-order chi connectivity index (χ0) is 17.9. The summed E-state index contributed by atoms with van der Waals surface area (Å²) in [7, 11) is 1.93. The molecule has 2 rings (SSSR count). The van der Waals surface area contributed by atoms with E-state index in [9.17, 15) is 9.59 Å². The third-order valence-electron chi connectivity index (χ3n) is 5.93. The summed E-state index contributed by atoms with van der Waals surface area (Å²) >= 11 is 0. The summed E-state index contributed by atoms with van der Waals surface area (Å²) < 4.78 is 0. The molecule has 3 atom stereocenters. The molecule has 4 heteroatoms. The Bertz CT molecular complexity index is 455. The molecule has 0 bridgehead atoms. The molecule has 2 fully saturated rings. The van der Waals surface area contributed by atoms with E-state index >= 15 is 0 Å². The van der Waals surface area contributed by atoms with Gasteiger partial charge in [-0.05, 0) is 38.8 Å². The summed E-state index contributed by atoms with van der Waals surface area (Å²) in [6.07, 6.45) is 6.31. The maximum atomic E-state index is 13.1. The highest BCUT2D eigenvalue weighted by Crippen LogP contribution is 2.36. The van der Waals surface area contributed by atoms with Crippen LogP contribution in [0.3, 0.4) is 0 Å². The molecule has 0 radical (unpaired) electrons. The minimum atomic E-state index is -0.358. The van der Waals surface area contributed by atoms with Crippen LogP contribution in [0.5, 0.6) is 0 Å². The monoisotopic (exact) mass is 336 g/mol. The van der Waals surface area contributed by atoms with E-state index in [0.717, 1.165) is 45.3 Å². The van der Waals surface area contributed by atoms with Crippen LogP contribution < -0.4 is 0 Å². The van der Waals surface area contributed by atoms with E-state index in [2.05, 4.69) is 11.8 Å². The maximum absolute atomic E-state index is 13.1. The topological polar surface area (TPSA) is 40.6 Å². The molecular weight excluding hydrogens is 300 g/mol. The maximum Gasteiger partial charge on any atom is 0.226 e. The Morgan fingerprint density at radius 2 is 1.67 bits per heavy atom. The molecule has 1 aliphatic carbocycles. The van der Waals surface area contributed by atoms with Crippen LogP contribution >= 0.6 is 0 Å². The molecule has 0 aromatic rings. The first-order valence-corrected chi connectivity index (χ1v) is 9.79. The van der Waals surface area contributed by atoms with Crippen molar-refractivity contribution in [1.82, 2.24) is 9.80 Å². The van der Waals surface area contributed by atoms with E-state index in [0.29, 0.717) is 6.04 Å². The van der Waals surface area contributed by atoms with Gasteiger partial charge < -0.3 is 4.90 Å². The highest BCUT2D eigenvalue weighted by Gasteiger charge is 2.41. The van der Waals surface area contributed by atoms with Crippen LogP contribution in [0.25, 0.3) is 0 Å². The summed E-state index contributed by atoms with van der Waals surface area (Å²) in [5.41, 5.74) is -0.358. The van der Waals surface area contributed by atoms with Crippen molar-refractivity contribution in [1.29, 1.82) is 0 Å². The second-order valence-electron chi connectivity index (χ2n) is 8.76. The van der Waals surface area contributed by atoms with Crippen molar-refractivity contribution in [3.63, 3.8) is 0 Å². The Morgan fingerprint density at radius 3 is 2.25 bits per heavy atom. The van der Waals surface area contributed by atoms with Crippen molar-refractivity contribution < 1.29 is 9.59 Å². The molecular formula is C20H36N2O2. The number of amides is 1. The fraction of sp³-hybridized carbons (Fsp3) is 0.900. The number of carbonyl (C=O) groups is 2. The number of likely N-dealkylation sites (tertiary alicyclic amines) is 1. The number of hydrogen-bond donors (Lipinski definition) is 0. The van der Waals surface area contributed by atoms with Gasteiger partial charge >= 0.3 is 0 Å². The standard InChI is InChI=1S/C20H36N2O2/c1-6-22-13-9-10-15(22)14-21(5)19(24)17-12-8-7-11-16(17)18(23)20(2,3)4/h15-17H,6-14H2,1-5H3/t15-,16-,17?/m1/s1. The molecule has 0 spiro atoms. The number of likely N-dealkylation sites (N-methyl/N-ethyl adjacent to an activating group) is 2. The van der Waals surface area contributed by atoms with Gasteiger partial charge in [-0.15, -0.1) is 0 Å². The fourth-order valence-corrected chi connectivity index (χ4v) is 4.50. The Kier molecular flexibility index (Phi) is 6.46. The molecule has 0 N–H and O–H groups in total. The lowest BCUT2D eigenvalue weighted by Gasteiger charge is -2.36. The average molecular weight is 337 g/mol. The van der Waals surface area contributed by atoms with Crippen LogP contribution in [0, 0.1) is 17.3 Å². The summed E-state index contributed by atoms with van der Waals surface area (Å²) in [5, 5.41) is 0. The fourth-order valence-electron chi connectivity index (χ4n) is 4.50. The Balaban J connectivity index is 2.03. The van der Waals surface area contributed by atoms with Crippen molar-refractivity contribution in [2.24, 2.45) is 17.3 Å². The summed E-state index contributed by atoms with van der Waals surface area (Å²) in [5.74, 6) is 0.275. The smallest absolute Gasteiger partial charge is 0.226 e. The van der Waals surface area contributed by atoms with Gasteiger partial charge in [0.15, 0.2) is 0 Å². The van der Waals surface area contributed by atoms with Crippen molar-refractivity contribution in [3.05, 3.63) is 0 Å². The molecule has 1 amide bonds. The average Bonchev–Trinajstić information content (AvgIpc) is 2.99. The van der Waals surface area contributed by atoms with Crippen molar-refractivity contribution in [3.8, 4) is 0 Å². The van der Waals surface area contributed by atoms with E-state index in [4.69, 9.17) is 0 Å². The van der Waals surface area contributed by atoms with Crippen LogP contribution in [0.2, 0.25) is 0 Å². The highest BCUT2D eigenvalue weighted by molar-refractivity contribution is 5.91. The van der Waals surface area contributed by atoms with Gasteiger partial charge in [-0.1, -0.05) is 40.5 Å². The summed E-state index contributed by atoms with van der Waals surface area (Å²) in [4.78, 5) is 30.3. The first-order chi connectivity index (χ1) is 11.3. The van der Waals surface area contributed by atoms with Gasteiger partial charge in [0.05, 0.1) is 0 Å². The molecule has 0 aromatic carbocycles. The zero-order valence-electron chi connectivity index (χ0n) is 16.3. The first-order valence-electron chi connectivity index (χ1n) is 9.79. The lowest BCUT2D eigenvalue weighted by atomic mass is 9.70. The molecule has 1 heterocycles. The summed E-state index contributed by atoms with van der Waals surface area (Å²) in [6.45, 7) is 11.1. The lowest BCUT2D eigenvalue weighted by Crippen LogP contribution is -2.47. The number of rotatable bonds is 5. The number of ketones is 1. The highest BCUT2D eigenvalue weighted by atomic mass is 16.2. The van der Waals surface area contributed by atoms with Gasteiger partial charge in [-0.2, -0.15) is 0 Å². The molecule has 1 saturated heterocycles. The summed E-state index contributed by atoms with van der Waals surface area (Å²) in [6, 6.07) is 0.490. The predicted octanol–water partition coefficient (Wildman–Crippen LogP) is 3.35. The Hall–Kier alpha value is -0.900. The van der Waals surface area contributed by atoms with Crippen LogP contribution in [0.15, 0.2) is 0 Å². The van der Waals surface area contributed by atoms with E-state index < -0.39 is 0 Å². The first kappa shape index (κ1) is 19.4. The third kappa shape index (κ3) is 4.38. The van der Waals surface area contributed by atoms with Crippen LogP contribution in [0.1, 0.15) is 66.2 Å². The molecule has 4 nitrogen and oxygen atoms in total. The van der Waals surface area contributed by atoms with Gasteiger partial charge in [-0.25, -0.2) is 0 Å². The van der Waals surface area contributed by atoms with Gasteiger partial charge in [0, 0.05) is 36.9 Å². The molecule has 138 valence electrons. The number of hydrogen-bond acceptors (Lipinski definition) is 3. The van der Waals surface area contributed by atoms with Crippen molar-refractivity contribution in [2.45, 2.75) is 72.3 Å². The molecule has 1 aliphatic heterocycles. The SMILES string of the molecule is CCN1CCC[C@@H]1CN(C)C(=O)C1CCCC[C@H]1C(=O)C(C)(C)C. The number of carbonyl (C=O) groups excluding carboxylic acids is 2. The molecule has 0 aromatic heterocycles. The molecule has 2 aliphatic rings. The van der Waals surface area contributed by atoms with Gasteiger partial charge in [0.1, 0.15) is 5.78 Å². The lowest BCUT2D eigenvalue weighted by molar-refractivity contribution is -0.145. The van der Waals surface area contributed by atoms with Gasteiger partial charge in [0.25, 0.3) is 0 Å². The molecule has 24 heavy (non-hydrogen) atoms. The van der Waals surface area contributed by atoms with E-state index in [1.54, 1.807) is 0 Å². The Morgan fingerprint density at radius 1 is 1.04 bits per heavy atom. The van der Waals surface area contributed by atoms with Crippen LogP contribution in [0.4, 0.5) is 0 Å². The van der Waals surface area contributed by atoms with Crippen LogP contribution in [-0.4, -0.2) is 54.2 Å². The van der Waals surface area contributed by atoms with Gasteiger partial charge in [-0.3, -0.25) is 14.5 Å². The minimum absolute atomic E-state index is 0.0837. The van der Waals surface area contributed by atoms with Crippen molar-refractivity contribution in [2.75, 3.05) is 26.7 Å². The zero-order valence-corrected chi connectivity index (χ0v) is 16.3. The second kappa shape index (κ2) is 7.99. The Labute approximate surface area is 148 Å². The molecule has 1 unspecified atom stereocenters. The van der Waals surface area contributed by atoms with E-state index in [1.165, 1.54) is 12.8 Å². The second-order valence-corrected chi connectivity index (χ2v) is 8.76. The van der Waals surface area contributed by atoms with Gasteiger partial charge in [0.2, 0.25) is 5.91 Å².